The van der Waals surface area contributed by atoms with Crippen LogP contribution >= 0.6 is 0 Å². The summed E-state index contributed by atoms with van der Waals surface area (Å²) in [5.41, 5.74) is -1.10. The van der Waals surface area contributed by atoms with Gasteiger partial charge in [-0.1, -0.05) is 27.7 Å². The fourth-order valence-corrected chi connectivity index (χ4v) is 4.16. The third-order valence-electron chi connectivity index (χ3n) is 5.88. The quantitative estimate of drug-likeness (QED) is 0.570. The fraction of sp³-hybridized carbons (Fsp3) is 0.824. The van der Waals surface area contributed by atoms with E-state index < -0.39 is 17.4 Å². The van der Waals surface area contributed by atoms with Crippen LogP contribution in [0.25, 0.3) is 0 Å². The van der Waals surface area contributed by atoms with Crippen molar-refractivity contribution in [2.75, 3.05) is 0 Å². The Bertz CT molecular complexity index is 495. The number of hydrogen-bond donors (Lipinski definition) is 0. The number of aliphatic carboxylic acids is 1. The normalized spacial score (nSPS) is 31.4. The highest BCUT2D eigenvalue weighted by Gasteiger charge is 2.50. The number of carbonyl (C=O) groups excluding carboxylic acids is 3. The van der Waals surface area contributed by atoms with Crippen LogP contribution in [0.15, 0.2) is 0 Å². The van der Waals surface area contributed by atoms with Gasteiger partial charge in [-0.25, -0.2) is 0 Å². The smallest absolute Gasteiger partial charge is 0.317 e. The lowest BCUT2D eigenvalue weighted by atomic mass is 9.60. The molecule has 0 bridgehead atoms. The number of rotatable bonds is 5. The third kappa shape index (κ3) is 2.90. The standard InChI is InChI=1S/C17H26O5/c1-5-17(4,15(20)21)9-16(2,3)10-6-7-11-12(8-10)14(19)22-13(11)18/h10-12H,5-9H2,1-4H3,(H,20,21)/p-1. The number of hydrogen-bond acceptors (Lipinski definition) is 5. The van der Waals surface area contributed by atoms with Gasteiger partial charge in [-0.05, 0) is 43.4 Å². The van der Waals surface area contributed by atoms with Crippen LogP contribution in [0, 0.1) is 28.6 Å². The van der Waals surface area contributed by atoms with Crippen LogP contribution in [-0.4, -0.2) is 17.9 Å². The summed E-state index contributed by atoms with van der Waals surface area (Å²) < 4.78 is 4.75. The van der Waals surface area contributed by atoms with E-state index in [9.17, 15) is 19.5 Å². The van der Waals surface area contributed by atoms with Gasteiger partial charge in [-0.15, -0.1) is 0 Å². The average molecular weight is 309 g/mol. The molecule has 5 nitrogen and oxygen atoms in total. The molecule has 4 atom stereocenters. The Kier molecular flexibility index (Phi) is 4.37. The molecule has 2 rings (SSSR count). The van der Waals surface area contributed by atoms with Crippen LogP contribution < -0.4 is 5.11 Å². The summed E-state index contributed by atoms with van der Waals surface area (Å²) >= 11 is 0. The molecule has 0 amide bonds. The molecule has 1 saturated heterocycles. The molecular weight excluding hydrogens is 284 g/mol. The van der Waals surface area contributed by atoms with Gasteiger partial charge in [-0.3, -0.25) is 9.59 Å². The van der Waals surface area contributed by atoms with Gasteiger partial charge in [0.25, 0.3) is 0 Å². The first kappa shape index (κ1) is 17.0. The van der Waals surface area contributed by atoms with Crippen molar-refractivity contribution in [1.82, 2.24) is 0 Å². The summed E-state index contributed by atoms with van der Waals surface area (Å²) in [5.74, 6) is -2.25. The van der Waals surface area contributed by atoms with E-state index in [0.29, 0.717) is 25.7 Å². The molecule has 2 aliphatic rings. The zero-order chi connectivity index (χ0) is 16.7. The minimum Gasteiger partial charge on any atom is -0.550 e. The number of ether oxygens (including phenoxy) is 1. The topological polar surface area (TPSA) is 83.5 Å². The summed E-state index contributed by atoms with van der Waals surface area (Å²) in [7, 11) is 0. The minimum atomic E-state index is -1.02. The number of carboxylic acid groups (broad SMARTS) is 1. The molecule has 1 aliphatic heterocycles. The molecule has 1 aliphatic carbocycles. The lowest BCUT2D eigenvalue weighted by molar-refractivity contribution is -0.320. The minimum absolute atomic E-state index is 0.206. The second kappa shape index (κ2) is 5.67. The molecule has 5 heteroatoms. The van der Waals surface area contributed by atoms with E-state index in [1.807, 2.05) is 6.92 Å². The number of cyclic esters (lactones) is 2. The zero-order valence-corrected chi connectivity index (χ0v) is 13.8. The molecule has 0 aromatic heterocycles. The van der Waals surface area contributed by atoms with Crippen molar-refractivity contribution in [2.24, 2.45) is 28.6 Å². The fourth-order valence-electron chi connectivity index (χ4n) is 4.16. The highest BCUT2D eigenvalue weighted by molar-refractivity contribution is 5.96. The van der Waals surface area contributed by atoms with Gasteiger partial charge in [0, 0.05) is 11.4 Å². The van der Waals surface area contributed by atoms with E-state index in [2.05, 4.69) is 13.8 Å². The summed E-state index contributed by atoms with van der Waals surface area (Å²) in [6, 6.07) is 0. The molecular formula is C17H25O5-. The van der Waals surface area contributed by atoms with Crippen molar-refractivity contribution >= 4 is 17.9 Å². The maximum absolute atomic E-state index is 11.8. The van der Waals surface area contributed by atoms with Crippen molar-refractivity contribution < 1.29 is 24.2 Å². The molecule has 0 N–H and O–H groups in total. The maximum atomic E-state index is 11.8. The van der Waals surface area contributed by atoms with Gasteiger partial charge in [-0.2, -0.15) is 0 Å². The molecule has 124 valence electrons. The Balaban J connectivity index is 2.12. The number of esters is 2. The Labute approximate surface area is 131 Å². The number of fused-ring (bicyclic) bond motifs is 1. The Morgan fingerprint density at radius 1 is 1.18 bits per heavy atom. The molecule has 0 radical (unpaired) electrons. The van der Waals surface area contributed by atoms with Crippen molar-refractivity contribution in [3.63, 3.8) is 0 Å². The second-order valence-corrected chi connectivity index (χ2v) is 7.83. The van der Waals surface area contributed by atoms with Gasteiger partial charge in [0.2, 0.25) is 0 Å². The monoisotopic (exact) mass is 309 g/mol. The lowest BCUT2D eigenvalue weighted by Gasteiger charge is -2.45. The Morgan fingerprint density at radius 3 is 2.32 bits per heavy atom. The van der Waals surface area contributed by atoms with Crippen molar-refractivity contribution in [2.45, 2.75) is 59.8 Å². The first-order valence-corrected chi connectivity index (χ1v) is 8.07. The van der Waals surface area contributed by atoms with Gasteiger partial charge >= 0.3 is 11.9 Å². The highest BCUT2D eigenvalue weighted by atomic mass is 16.6. The number of carbonyl (C=O) groups is 3. The van der Waals surface area contributed by atoms with E-state index in [1.165, 1.54) is 0 Å². The van der Waals surface area contributed by atoms with E-state index in [1.54, 1.807) is 6.92 Å². The molecule has 1 heterocycles. The molecule has 4 unspecified atom stereocenters. The summed E-state index contributed by atoms with van der Waals surface area (Å²) in [6.45, 7) is 7.69. The predicted octanol–water partition coefficient (Wildman–Crippen LogP) is 1.68. The van der Waals surface area contributed by atoms with Crippen LogP contribution in [-0.2, 0) is 19.1 Å². The van der Waals surface area contributed by atoms with Gasteiger partial charge in [0.05, 0.1) is 11.8 Å². The predicted molar refractivity (Wildman–Crippen MR) is 77.2 cm³/mol. The van der Waals surface area contributed by atoms with E-state index >= 15 is 0 Å². The van der Waals surface area contributed by atoms with Crippen LogP contribution in [0.2, 0.25) is 0 Å². The maximum Gasteiger partial charge on any atom is 0.317 e. The van der Waals surface area contributed by atoms with Crippen LogP contribution in [0.4, 0.5) is 0 Å². The van der Waals surface area contributed by atoms with Crippen molar-refractivity contribution in [3.05, 3.63) is 0 Å². The van der Waals surface area contributed by atoms with Crippen LogP contribution in [0.3, 0.4) is 0 Å². The summed E-state index contributed by atoms with van der Waals surface area (Å²) in [6.07, 6.45) is 3.10. The Hall–Kier alpha value is -1.39. The van der Waals surface area contributed by atoms with Crippen LogP contribution in [0.5, 0.6) is 0 Å². The van der Waals surface area contributed by atoms with Gasteiger partial charge in [0.15, 0.2) is 0 Å². The van der Waals surface area contributed by atoms with Gasteiger partial charge in [0.1, 0.15) is 0 Å². The van der Waals surface area contributed by atoms with Crippen molar-refractivity contribution in [3.8, 4) is 0 Å². The SMILES string of the molecule is CCC(C)(CC(C)(C)C1CCC2C(=O)OC(=O)C2C1)C(=O)[O-]. The van der Waals surface area contributed by atoms with Crippen molar-refractivity contribution in [1.29, 1.82) is 0 Å². The van der Waals surface area contributed by atoms with Gasteiger partial charge < -0.3 is 14.6 Å². The first-order chi connectivity index (χ1) is 10.1. The molecule has 0 aromatic rings. The summed E-state index contributed by atoms with van der Waals surface area (Å²) in [4.78, 5) is 34.9. The van der Waals surface area contributed by atoms with E-state index in [0.717, 1.165) is 6.42 Å². The summed E-state index contributed by atoms with van der Waals surface area (Å²) in [5, 5.41) is 11.5. The first-order valence-electron chi connectivity index (χ1n) is 8.07. The third-order valence-corrected chi connectivity index (χ3v) is 5.88. The zero-order valence-electron chi connectivity index (χ0n) is 13.8. The molecule has 1 saturated carbocycles. The Morgan fingerprint density at radius 2 is 1.77 bits per heavy atom. The molecule has 22 heavy (non-hydrogen) atoms. The number of carboxylic acids is 1. The largest absolute Gasteiger partial charge is 0.550 e. The van der Waals surface area contributed by atoms with Crippen LogP contribution in [0.1, 0.15) is 59.8 Å². The molecule has 0 aromatic carbocycles. The molecule has 0 spiro atoms. The highest BCUT2D eigenvalue weighted by Crippen LogP contribution is 2.50. The molecule has 2 fully saturated rings. The lowest BCUT2D eigenvalue weighted by Crippen LogP contribution is -2.45. The average Bonchev–Trinajstić information content (AvgIpc) is 2.73. The van der Waals surface area contributed by atoms with E-state index in [4.69, 9.17) is 4.74 Å². The second-order valence-electron chi connectivity index (χ2n) is 7.83. The van der Waals surface area contributed by atoms with E-state index in [-0.39, 0.29) is 29.1 Å².